The number of aromatic nitrogens is 2. The maximum Gasteiger partial charge on any atom is 0.247 e. The monoisotopic (exact) mass is 324 g/mol. The second kappa shape index (κ2) is 6.44. The molecule has 1 aromatic carbocycles. The Morgan fingerprint density at radius 1 is 1.38 bits per heavy atom. The summed E-state index contributed by atoms with van der Waals surface area (Å²) in [6.07, 6.45) is 3.52. The number of carbonyl (C=O) groups excluding carboxylic acids is 1. The molecule has 0 aliphatic heterocycles. The van der Waals surface area contributed by atoms with Crippen LogP contribution in [0.5, 0.6) is 0 Å². The average Bonchev–Trinajstić information content (AvgIpc) is 3.25. The van der Waals surface area contributed by atoms with Crippen molar-refractivity contribution in [2.45, 2.75) is 44.9 Å². The molecule has 0 spiro atoms. The third kappa shape index (κ3) is 3.02. The van der Waals surface area contributed by atoms with E-state index in [0.29, 0.717) is 17.4 Å². The van der Waals surface area contributed by atoms with Gasteiger partial charge >= 0.3 is 0 Å². The second-order valence-corrected chi connectivity index (χ2v) is 6.55. The number of carbonyl (C=O) groups is 1. The van der Waals surface area contributed by atoms with Crippen LogP contribution in [0.1, 0.15) is 45.4 Å². The maximum absolute atomic E-state index is 11.8. The van der Waals surface area contributed by atoms with Crippen LogP contribution < -0.4 is 5.32 Å². The Balaban J connectivity index is 1.86. The normalized spacial score (nSPS) is 16.1. The van der Waals surface area contributed by atoms with Crippen LogP contribution in [0.2, 0.25) is 0 Å². The highest BCUT2D eigenvalue weighted by Gasteiger charge is 2.41. The van der Waals surface area contributed by atoms with Crippen molar-refractivity contribution in [3.63, 3.8) is 0 Å². The van der Waals surface area contributed by atoms with E-state index in [2.05, 4.69) is 21.5 Å². The first-order valence-electron chi connectivity index (χ1n) is 8.21. The molecule has 3 rings (SSSR count). The molecule has 0 radical (unpaired) electrons. The molecule has 0 saturated heterocycles. The SMILES string of the molecule is CC(C)C(=O)Nc1cccc(-c2noc(C3(C#N)CCCC3)n2)c1. The highest BCUT2D eigenvalue weighted by molar-refractivity contribution is 5.92. The molecule has 24 heavy (non-hydrogen) atoms. The van der Waals surface area contributed by atoms with Gasteiger partial charge in [-0.1, -0.05) is 44.0 Å². The number of anilines is 1. The zero-order chi connectivity index (χ0) is 17.2. The van der Waals surface area contributed by atoms with Crippen molar-refractivity contribution < 1.29 is 9.32 Å². The van der Waals surface area contributed by atoms with Gasteiger partial charge in [-0.3, -0.25) is 4.79 Å². The highest BCUT2D eigenvalue weighted by atomic mass is 16.5. The first-order chi connectivity index (χ1) is 11.5. The number of rotatable bonds is 4. The topological polar surface area (TPSA) is 91.8 Å². The van der Waals surface area contributed by atoms with Crippen molar-refractivity contribution in [3.8, 4) is 17.5 Å². The van der Waals surface area contributed by atoms with E-state index in [9.17, 15) is 10.1 Å². The molecule has 0 unspecified atom stereocenters. The first kappa shape index (κ1) is 16.2. The predicted molar refractivity (Wildman–Crippen MR) is 89.0 cm³/mol. The molecular weight excluding hydrogens is 304 g/mol. The smallest absolute Gasteiger partial charge is 0.247 e. The molecule has 0 bridgehead atoms. The van der Waals surface area contributed by atoms with E-state index >= 15 is 0 Å². The fourth-order valence-corrected chi connectivity index (χ4v) is 2.91. The van der Waals surface area contributed by atoms with Crippen LogP contribution in [0.4, 0.5) is 5.69 Å². The molecule has 1 heterocycles. The zero-order valence-corrected chi connectivity index (χ0v) is 13.9. The summed E-state index contributed by atoms with van der Waals surface area (Å²) in [4.78, 5) is 16.3. The molecule has 1 aromatic heterocycles. The fourth-order valence-electron chi connectivity index (χ4n) is 2.91. The molecule has 1 fully saturated rings. The summed E-state index contributed by atoms with van der Waals surface area (Å²) in [6, 6.07) is 9.67. The number of hydrogen-bond acceptors (Lipinski definition) is 5. The van der Waals surface area contributed by atoms with Gasteiger partial charge < -0.3 is 9.84 Å². The molecule has 2 aromatic rings. The summed E-state index contributed by atoms with van der Waals surface area (Å²) in [6.45, 7) is 3.68. The van der Waals surface area contributed by atoms with Gasteiger partial charge in [0.2, 0.25) is 17.6 Å². The molecule has 1 amide bonds. The minimum absolute atomic E-state index is 0.0460. The van der Waals surface area contributed by atoms with Crippen molar-refractivity contribution in [3.05, 3.63) is 30.2 Å². The fraction of sp³-hybridized carbons (Fsp3) is 0.444. The van der Waals surface area contributed by atoms with Crippen molar-refractivity contribution in [1.82, 2.24) is 10.1 Å². The minimum Gasteiger partial charge on any atom is -0.337 e. The third-order valence-electron chi connectivity index (χ3n) is 4.42. The van der Waals surface area contributed by atoms with E-state index in [4.69, 9.17) is 4.52 Å². The zero-order valence-electron chi connectivity index (χ0n) is 13.9. The number of nitrogens with one attached hydrogen (secondary N) is 1. The van der Waals surface area contributed by atoms with E-state index in [1.54, 1.807) is 0 Å². The van der Waals surface area contributed by atoms with E-state index in [1.165, 1.54) is 0 Å². The minimum atomic E-state index is -0.644. The van der Waals surface area contributed by atoms with Gasteiger partial charge in [0.15, 0.2) is 0 Å². The van der Waals surface area contributed by atoms with Crippen molar-refractivity contribution >= 4 is 11.6 Å². The maximum atomic E-state index is 11.8. The lowest BCUT2D eigenvalue weighted by Crippen LogP contribution is -2.19. The van der Waals surface area contributed by atoms with Gasteiger partial charge in [0.25, 0.3) is 0 Å². The Morgan fingerprint density at radius 2 is 2.12 bits per heavy atom. The molecule has 1 saturated carbocycles. The van der Waals surface area contributed by atoms with Crippen molar-refractivity contribution in [1.29, 1.82) is 5.26 Å². The van der Waals surface area contributed by atoms with Gasteiger partial charge in [-0.15, -0.1) is 0 Å². The van der Waals surface area contributed by atoms with Crippen LogP contribution in [-0.4, -0.2) is 16.0 Å². The number of nitrogens with zero attached hydrogens (tertiary/aromatic N) is 3. The van der Waals surface area contributed by atoms with Gasteiger partial charge in [-0.25, -0.2) is 0 Å². The molecule has 124 valence electrons. The Morgan fingerprint density at radius 3 is 2.79 bits per heavy atom. The average molecular weight is 324 g/mol. The molecular formula is C18H20N4O2. The second-order valence-electron chi connectivity index (χ2n) is 6.55. The van der Waals surface area contributed by atoms with E-state index < -0.39 is 5.41 Å². The van der Waals surface area contributed by atoms with Gasteiger partial charge in [-0.2, -0.15) is 10.2 Å². The number of benzene rings is 1. The summed E-state index contributed by atoms with van der Waals surface area (Å²) >= 11 is 0. The Kier molecular flexibility index (Phi) is 4.34. The molecule has 6 nitrogen and oxygen atoms in total. The molecule has 1 aliphatic carbocycles. The standard InChI is InChI=1S/C18H20N4O2/c1-12(2)16(23)20-14-7-5-6-13(10-14)15-21-17(24-22-15)18(11-19)8-3-4-9-18/h5-7,10,12H,3-4,8-9H2,1-2H3,(H,20,23). The van der Waals surface area contributed by atoms with Crippen LogP contribution in [0.25, 0.3) is 11.4 Å². The third-order valence-corrected chi connectivity index (χ3v) is 4.42. The Hall–Kier alpha value is -2.68. The number of amides is 1. The Bertz CT molecular complexity index is 782. The summed E-state index contributed by atoms with van der Waals surface area (Å²) in [5, 5.41) is 16.4. The van der Waals surface area contributed by atoms with Crippen LogP contribution >= 0.6 is 0 Å². The van der Waals surface area contributed by atoms with Gasteiger partial charge in [0.05, 0.1) is 6.07 Å². The van der Waals surface area contributed by atoms with E-state index in [0.717, 1.165) is 31.2 Å². The van der Waals surface area contributed by atoms with Gasteiger partial charge in [0, 0.05) is 17.2 Å². The first-order valence-corrected chi connectivity index (χ1v) is 8.21. The van der Waals surface area contributed by atoms with E-state index in [-0.39, 0.29) is 11.8 Å². The predicted octanol–water partition coefficient (Wildman–Crippen LogP) is 3.67. The quantitative estimate of drug-likeness (QED) is 0.926. The molecule has 1 N–H and O–H groups in total. The Labute approximate surface area is 140 Å². The van der Waals surface area contributed by atoms with E-state index in [1.807, 2.05) is 38.1 Å². The summed E-state index contributed by atoms with van der Waals surface area (Å²) in [5.41, 5.74) is 0.792. The molecule has 6 heteroatoms. The summed E-state index contributed by atoms with van der Waals surface area (Å²) < 4.78 is 5.39. The van der Waals surface area contributed by atoms with Crippen molar-refractivity contribution in [2.24, 2.45) is 5.92 Å². The number of hydrogen-bond donors (Lipinski definition) is 1. The highest BCUT2D eigenvalue weighted by Crippen LogP contribution is 2.40. The van der Waals surface area contributed by atoms with Crippen LogP contribution in [0.3, 0.4) is 0 Å². The molecule has 0 atom stereocenters. The summed E-state index contributed by atoms with van der Waals surface area (Å²) in [7, 11) is 0. The van der Waals surface area contributed by atoms with Gasteiger partial charge in [-0.05, 0) is 25.0 Å². The lowest BCUT2D eigenvalue weighted by molar-refractivity contribution is -0.118. The van der Waals surface area contributed by atoms with Crippen molar-refractivity contribution in [2.75, 3.05) is 5.32 Å². The van der Waals surface area contributed by atoms with Gasteiger partial charge in [0.1, 0.15) is 5.41 Å². The molecule has 1 aliphatic rings. The van der Waals surface area contributed by atoms with Crippen LogP contribution in [0.15, 0.2) is 28.8 Å². The largest absolute Gasteiger partial charge is 0.337 e. The summed E-state index contributed by atoms with van der Waals surface area (Å²) in [5.74, 6) is 0.694. The van der Waals surface area contributed by atoms with Crippen LogP contribution in [0, 0.1) is 17.2 Å². The lowest BCUT2D eigenvalue weighted by atomic mass is 9.88. The number of nitriles is 1. The van der Waals surface area contributed by atoms with Crippen LogP contribution in [-0.2, 0) is 10.2 Å². The lowest BCUT2D eigenvalue weighted by Gasteiger charge is -2.13.